The van der Waals surface area contributed by atoms with Crippen molar-refractivity contribution in [1.29, 1.82) is 0 Å². The molecule has 0 aromatic rings. The van der Waals surface area contributed by atoms with Crippen molar-refractivity contribution in [3.63, 3.8) is 0 Å². The zero-order chi connectivity index (χ0) is 20.5. The number of phosphoric ester groups is 1. The highest BCUT2D eigenvalue weighted by Gasteiger charge is 2.50. The Kier molecular flexibility index (Phi) is 7.68. The van der Waals surface area contributed by atoms with Crippen LogP contribution in [0.4, 0.5) is 0 Å². The Morgan fingerprint density at radius 1 is 0.815 bits per heavy atom. The molecule has 2 fully saturated rings. The van der Waals surface area contributed by atoms with E-state index in [2.05, 4.69) is 4.52 Å². The van der Waals surface area contributed by atoms with E-state index < -0.39 is 82.4 Å². The minimum atomic E-state index is -4.92. The minimum Gasteiger partial charge on any atom is -0.394 e. The summed E-state index contributed by atoms with van der Waals surface area (Å²) in [5.74, 6) is 0. The molecule has 14 nitrogen and oxygen atoms in total. The third kappa shape index (κ3) is 5.41. The van der Waals surface area contributed by atoms with E-state index in [9.17, 15) is 35.2 Å². The molecule has 27 heavy (non-hydrogen) atoms. The van der Waals surface area contributed by atoms with Crippen molar-refractivity contribution in [2.75, 3.05) is 13.2 Å². The molecular weight excluding hydrogens is 399 g/mol. The van der Waals surface area contributed by atoms with Crippen molar-refractivity contribution in [1.82, 2.24) is 0 Å². The Bertz CT molecular complexity index is 528. The van der Waals surface area contributed by atoms with E-state index in [0.717, 1.165) is 0 Å². The molecule has 0 radical (unpaired) electrons. The van der Waals surface area contributed by atoms with Crippen LogP contribution in [0.1, 0.15) is 0 Å². The number of phosphoric acid groups is 1. The van der Waals surface area contributed by atoms with Crippen LogP contribution in [-0.4, -0.2) is 120 Å². The predicted octanol–water partition coefficient (Wildman–Crippen LogP) is -5.28. The highest BCUT2D eigenvalue weighted by atomic mass is 31.2. The van der Waals surface area contributed by atoms with E-state index in [1.165, 1.54) is 0 Å². The third-order valence-corrected chi connectivity index (χ3v) is 4.69. The fourth-order valence-corrected chi connectivity index (χ4v) is 3.06. The van der Waals surface area contributed by atoms with Gasteiger partial charge in [-0.15, -0.1) is 0 Å². The van der Waals surface area contributed by atoms with Crippen molar-refractivity contribution in [2.24, 2.45) is 0 Å². The SMILES string of the molecule is O=P(O)(O)OC[C@H]1O[C@H](O[C@@H]2[C@H](O)[C@H](O)O[C@H](CO)[C@H]2O)[C@@H](O)[C@@H](O)[C@@H]1O. The summed E-state index contributed by atoms with van der Waals surface area (Å²) in [5, 5.41) is 68.4. The number of hydrogen-bond acceptors (Lipinski definition) is 12. The van der Waals surface area contributed by atoms with Gasteiger partial charge in [0, 0.05) is 0 Å². The first-order valence-corrected chi connectivity index (χ1v) is 9.35. The van der Waals surface area contributed by atoms with Crippen LogP contribution in [0.3, 0.4) is 0 Å². The van der Waals surface area contributed by atoms with E-state index in [4.69, 9.17) is 29.1 Å². The number of aliphatic hydroxyl groups excluding tert-OH is 7. The van der Waals surface area contributed by atoms with Gasteiger partial charge in [0.15, 0.2) is 12.6 Å². The summed E-state index contributed by atoms with van der Waals surface area (Å²) in [5.41, 5.74) is 0. The van der Waals surface area contributed by atoms with Crippen molar-refractivity contribution in [2.45, 2.75) is 61.4 Å². The summed E-state index contributed by atoms with van der Waals surface area (Å²) >= 11 is 0. The largest absolute Gasteiger partial charge is 0.469 e. The molecule has 0 aromatic heterocycles. The average molecular weight is 422 g/mol. The molecule has 0 saturated carbocycles. The van der Waals surface area contributed by atoms with Crippen LogP contribution in [0.25, 0.3) is 0 Å². The van der Waals surface area contributed by atoms with Gasteiger partial charge in [-0.05, 0) is 0 Å². The second kappa shape index (κ2) is 9.02. The lowest BCUT2D eigenvalue weighted by Crippen LogP contribution is -2.64. The number of hydrogen-bond donors (Lipinski definition) is 9. The topological polar surface area (TPSA) is 236 Å². The quantitative estimate of drug-likeness (QED) is 0.182. The van der Waals surface area contributed by atoms with Crippen LogP contribution in [0.2, 0.25) is 0 Å². The smallest absolute Gasteiger partial charge is 0.394 e. The van der Waals surface area contributed by atoms with Crippen molar-refractivity contribution < 1.29 is 68.8 Å². The van der Waals surface area contributed by atoms with Gasteiger partial charge in [0.2, 0.25) is 0 Å². The Hall–Kier alpha value is -0.290. The van der Waals surface area contributed by atoms with Crippen LogP contribution in [0, 0.1) is 0 Å². The molecule has 0 amide bonds. The third-order valence-electron chi connectivity index (χ3n) is 4.21. The molecule has 2 rings (SSSR count). The molecule has 10 atom stereocenters. The summed E-state index contributed by atoms with van der Waals surface area (Å²) in [6, 6.07) is 0. The average Bonchev–Trinajstić information content (AvgIpc) is 2.59. The maximum absolute atomic E-state index is 10.8. The molecule has 9 N–H and O–H groups in total. The summed E-state index contributed by atoms with van der Waals surface area (Å²) in [6.07, 6.45) is -17.2. The molecule has 0 unspecified atom stereocenters. The zero-order valence-electron chi connectivity index (χ0n) is 13.7. The van der Waals surface area contributed by atoms with Gasteiger partial charge in [0.05, 0.1) is 13.2 Å². The summed E-state index contributed by atoms with van der Waals surface area (Å²) in [6.45, 7) is -1.62. The molecular formula is C12H23O14P. The van der Waals surface area contributed by atoms with Gasteiger partial charge in [0.25, 0.3) is 0 Å². The van der Waals surface area contributed by atoms with Crippen LogP contribution < -0.4 is 0 Å². The van der Waals surface area contributed by atoms with Gasteiger partial charge in [-0.2, -0.15) is 0 Å². The van der Waals surface area contributed by atoms with Crippen molar-refractivity contribution in [3.05, 3.63) is 0 Å². The lowest BCUT2D eigenvalue weighted by atomic mass is 9.97. The van der Waals surface area contributed by atoms with Gasteiger partial charge < -0.3 is 59.7 Å². The summed E-state index contributed by atoms with van der Waals surface area (Å²) in [4.78, 5) is 17.4. The minimum absolute atomic E-state index is 0.737. The summed E-state index contributed by atoms with van der Waals surface area (Å²) < 4.78 is 30.1. The fraction of sp³-hybridized carbons (Fsp3) is 1.00. The molecule has 2 saturated heterocycles. The standard InChI is InChI=1S/C12H23O14P/c13-1-3-6(15)10(9(18)11(19)24-3)26-12-8(17)7(16)5(14)4(25-12)2-23-27(20,21)22/h3-19H,1-2H2,(H2,20,21,22)/t3-,4-,5-,6-,7+,8+,9+,10+,11-,12-/m1/s1. The first kappa shape index (κ1) is 23.0. The fourth-order valence-electron chi connectivity index (χ4n) is 2.72. The van der Waals surface area contributed by atoms with E-state index in [0.29, 0.717) is 0 Å². The van der Waals surface area contributed by atoms with E-state index in [1.54, 1.807) is 0 Å². The number of aliphatic hydroxyl groups is 7. The predicted molar refractivity (Wildman–Crippen MR) is 79.5 cm³/mol. The molecule has 2 aliphatic heterocycles. The van der Waals surface area contributed by atoms with Crippen LogP contribution in [0.15, 0.2) is 0 Å². The molecule has 160 valence electrons. The Balaban J connectivity index is 2.11. The molecule has 2 heterocycles. The second-order valence-electron chi connectivity index (χ2n) is 6.13. The lowest BCUT2D eigenvalue weighted by molar-refractivity contribution is -0.355. The van der Waals surface area contributed by atoms with Gasteiger partial charge in [-0.3, -0.25) is 4.52 Å². The van der Waals surface area contributed by atoms with E-state index >= 15 is 0 Å². The maximum Gasteiger partial charge on any atom is 0.469 e. The number of rotatable bonds is 6. The molecule has 0 spiro atoms. The Labute approximate surface area is 152 Å². The molecule has 0 aliphatic carbocycles. The van der Waals surface area contributed by atoms with Crippen molar-refractivity contribution in [3.8, 4) is 0 Å². The van der Waals surface area contributed by atoms with Crippen LogP contribution >= 0.6 is 7.82 Å². The van der Waals surface area contributed by atoms with Crippen LogP contribution in [-0.2, 0) is 23.3 Å². The Morgan fingerprint density at radius 2 is 1.44 bits per heavy atom. The lowest BCUT2D eigenvalue weighted by Gasteiger charge is -2.45. The highest BCUT2D eigenvalue weighted by Crippen LogP contribution is 2.37. The van der Waals surface area contributed by atoms with Gasteiger partial charge in [-0.25, -0.2) is 4.57 Å². The maximum atomic E-state index is 10.8. The first-order valence-electron chi connectivity index (χ1n) is 7.82. The second-order valence-corrected chi connectivity index (χ2v) is 7.37. The van der Waals surface area contributed by atoms with Gasteiger partial charge in [0.1, 0.15) is 48.8 Å². The van der Waals surface area contributed by atoms with Crippen molar-refractivity contribution >= 4 is 7.82 Å². The van der Waals surface area contributed by atoms with Gasteiger partial charge in [-0.1, -0.05) is 0 Å². The monoisotopic (exact) mass is 422 g/mol. The molecule has 0 aromatic carbocycles. The normalized spacial score (nSPS) is 46.4. The molecule has 2 aliphatic rings. The molecule has 15 heteroatoms. The summed E-state index contributed by atoms with van der Waals surface area (Å²) in [7, 11) is -4.92. The van der Waals surface area contributed by atoms with Crippen LogP contribution in [0.5, 0.6) is 0 Å². The van der Waals surface area contributed by atoms with Gasteiger partial charge >= 0.3 is 7.82 Å². The number of ether oxygens (including phenoxy) is 3. The molecule has 0 bridgehead atoms. The van der Waals surface area contributed by atoms with E-state index in [-0.39, 0.29) is 0 Å². The first-order chi connectivity index (χ1) is 12.5. The zero-order valence-corrected chi connectivity index (χ0v) is 14.6. The Morgan fingerprint density at radius 3 is 2.00 bits per heavy atom. The highest BCUT2D eigenvalue weighted by molar-refractivity contribution is 7.46. The van der Waals surface area contributed by atoms with E-state index in [1.807, 2.05) is 0 Å².